The fraction of sp³-hybridized carbons (Fsp3) is 0.733. The van der Waals surface area contributed by atoms with E-state index < -0.39 is 0 Å². The van der Waals surface area contributed by atoms with Crippen LogP contribution in [0, 0.1) is 19.8 Å². The molecule has 4 nitrogen and oxygen atoms in total. The summed E-state index contributed by atoms with van der Waals surface area (Å²) in [6, 6.07) is 0. The maximum atomic E-state index is 11.9. The number of nitrogens with zero attached hydrogens (tertiary/aromatic N) is 2. The Morgan fingerprint density at radius 1 is 1.37 bits per heavy atom. The Hall–Kier alpha value is -1.32. The van der Waals surface area contributed by atoms with Crippen LogP contribution in [0.15, 0.2) is 0 Å². The van der Waals surface area contributed by atoms with Crippen molar-refractivity contribution in [1.82, 2.24) is 15.1 Å². The topological polar surface area (TPSA) is 46.9 Å². The molecule has 0 spiro atoms. The van der Waals surface area contributed by atoms with E-state index in [0.717, 1.165) is 29.3 Å². The van der Waals surface area contributed by atoms with Crippen LogP contribution in [0.5, 0.6) is 0 Å². The minimum atomic E-state index is 0.176. The van der Waals surface area contributed by atoms with Gasteiger partial charge < -0.3 is 5.32 Å². The Kier molecular flexibility index (Phi) is 4.61. The fourth-order valence-corrected chi connectivity index (χ4v) is 2.98. The van der Waals surface area contributed by atoms with Gasteiger partial charge in [-0.3, -0.25) is 9.48 Å². The molecule has 1 N–H and O–H groups in total. The molecule has 0 radical (unpaired) electrons. The van der Waals surface area contributed by atoms with Crippen LogP contribution in [0.25, 0.3) is 0 Å². The highest BCUT2D eigenvalue weighted by molar-refractivity contribution is 5.75. The van der Waals surface area contributed by atoms with Gasteiger partial charge in [-0.15, -0.1) is 0 Å². The number of hydrogen-bond donors (Lipinski definition) is 1. The lowest BCUT2D eigenvalue weighted by molar-refractivity contribution is -0.121. The monoisotopic (exact) mass is 263 g/mol. The van der Waals surface area contributed by atoms with Crippen LogP contribution < -0.4 is 5.32 Å². The highest BCUT2D eigenvalue weighted by Crippen LogP contribution is 2.28. The predicted octanol–water partition coefficient (Wildman–Crippen LogP) is 2.62. The standard InChI is InChI=1S/C15H25N3O/c1-11-14(12(2)18(3)17-11)10-16-15(19)9-8-13-6-4-5-7-13/h13H,4-10H2,1-3H3,(H,16,19). The van der Waals surface area contributed by atoms with E-state index in [0.29, 0.717) is 13.0 Å². The average molecular weight is 263 g/mol. The molecular weight excluding hydrogens is 238 g/mol. The number of hydrogen-bond acceptors (Lipinski definition) is 2. The highest BCUT2D eigenvalue weighted by Gasteiger charge is 2.16. The zero-order valence-electron chi connectivity index (χ0n) is 12.3. The second kappa shape index (κ2) is 6.22. The van der Waals surface area contributed by atoms with Gasteiger partial charge in [0.2, 0.25) is 5.91 Å². The van der Waals surface area contributed by atoms with E-state index in [4.69, 9.17) is 0 Å². The Bertz CT molecular complexity index is 444. The first-order valence-corrected chi connectivity index (χ1v) is 7.33. The van der Waals surface area contributed by atoms with Crippen LogP contribution in [0.2, 0.25) is 0 Å². The first-order chi connectivity index (χ1) is 9.08. The van der Waals surface area contributed by atoms with E-state index >= 15 is 0 Å². The lowest BCUT2D eigenvalue weighted by Crippen LogP contribution is -2.23. The van der Waals surface area contributed by atoms with Crippen molar-refractivity contribution >= 4 is 5.91 Å². The molecule has 1 aliphatic rings. The Morgan fingerprint density at radius 3 is 2.63 bits per heavy atom. The molecule has 0 bridgehead atoms. The van der Waals surface area contributed by atoms with E-state index in [1.165, 1.54) is 25.7 Å². The molecule has 0 saturated heterocycles. The third kappa shape index (κ3) is 3.58. The van der Waals surface area contributed by atoms with Crippen molar-refractivity contribution in [1.29, 1.82) is 0 Å². The summed E-state index contributed by atoms with van der Waals surface area (Å²) < 4.78 is 1.87. The number of aryl methyl sites for hydroxylation is 2. The molecule has 1 fully saturated rings. The molecule has 1 aliphatic carbocycles. The zero-order valence-corrected chi connectivity index (χ0v) is 12.3. The molecule has 1 amide bonds. The Balaban J connectivity index is 1.76. The van der Waals surface area contributed by atoms with E-state index in [2.05, 4.69) is 10.4 Å². The molecule has 1 heterocycles. The van der Waals surface area contributed by atoms with Crippen LogP contribution in [-0.2, 0) is 18.4 Å². The van der Waals surface area contributed by atoms with E-state index in [9.17, 15) is 4.79 Å². The third-order valence-electron chi connectivity index (χ3n) is 4.38. The van der Waals surface area contributed by atoms with Gasteiger partial charge in [-0.25, -0.2) is 0 Å². The molecule has 0 aromatic carbocycles. The van der Waals surface area contributed by atoms with Crippen molar-refractivity contribution in [2.24, 2.45) is 13.0 Å². The third-order valence-corrected chi connectivity index (χ3v) is 4.38. The number of aromatic nitrogens is 2. The largest absolute Gasteiger partial charge is 0.352 e. The molecule has 0 unspecified atom stereocenters. The van der Waals surface area contributed by atoms with E-state index in [1.807, 2.05) is 25.6 Å². The van der Waals surface area contributed by atoms with Crippen molar-refractivity contribution in [3.8, 4) is 0 Å². The van der Waals surface area contributed by atoms with Crippen LogP contribution in [-0.4, -0.2) is 15.7 Å². The summed E-state index contributed by atoms with van der Waals surface area (Å²) in [5.74, 6) is 0.960. The minimum Gasteiger partial charge on any atom is -0.352 e. The summed E-state index contributed by atoms with van der Waals surface area (Å²) in [5.41, 5.74) is 3.29. The van der Waals surface area contributed by atoms with Crippen LogP contribution in [0.1, 0.15) is 55.5 Å². The molecule has 19 heavy (non-hydrogen) atoms. The molecule has 0 atom stereocenters. The van der Waals surface area contributed by atoms with Crippen molar-refractivity contribution in [3.63, 3.8) is 0 Å². The second-order valence-electron chi connectivity index (χ2n) is 5.74. The van der Waals surface area contributed by atoms with Gasteiger partial charge in [0, 0.05) is 31.3 Å². The number of carbonyl (C=O) groups excluding carboxylic acids is 1. The number of rotatable bonds is 5. The van der Waals surface area contributed by atoms with Gasteiger partial charge in [0.25, 0.3) is 0 Å². The van der Waals surface area contributed by atoms with Crippen LogP contribution >= 0.6 is 0 Å². The second-order valence-corrected chi connectivity index (χ2v) is 5.74. The first-order valence-electron chi connectivity index (χ1n) is 7.33. The Morgan fingerprint density at radius 2 is 2.05 bits per heavy atom. The molecule has 1 saturated carbocycles. The quantitative estimate of drug-likeness (QED) is 0.887. The summed E-state index contributed by atoms with van der Waals surface area (Å²) >= 11 is 0. The van der Waals surface area contributed by atoms with Gasteiger partial charge in [-0.1, -0.05) is 25.7 Å². The molecule has 106 valence electrons. The molecule has 4 heteroatoms. The minimum absolute atomic E-state index is 0.176. The van der Waals surface area contributed by atoms with Gasteiger partial charge in [0.05, 0.1) is 5.69 Å². The van der Waals surface area contributed by atoms with E-state index in [-0.39, 0.29) is 5.91 Å². The van der Waals surface area contributed by atoms with Crippen molar-refractivity contribution in [3.05, 3.63) is 17.0 Å². The zero-order chi connectivity index (χ0) is 13.8. The van der Waals surface area contributed by atoms with Gasteiger partial charge in [0.15, 0.2) is 0 Å². The summed E-state index contributed by atoms with van der Waals surface area (Å²) in [6.45, 7) is 4.64. The van der Waals surface area contributed by atoms with Crippen molar-refractivity contribution < 1.29 is 4.79 Å². The molecular formula is C15H25N3O. The lowest BCUT2D eigenvalue weighted by atomic mass is 10.0. The summed E-state index contributed by atoms with van der Waals surface area (Å²) in [4.78, 5) is 11.9. The van der Waals surface area contributed by atoms with Gasteiger partial charge >= 0.3 is 0 Å². The Labute approximate surface area is 115 Å². The van der Waals surface area contributed by atoms with Crippen molar-refractivity contribution in [2.75, 3.05) is 0 Å². The highest BCUT2D eigenvalue weighted by atomic mass is 16.1. The number of amides is 1. The average Bonchev–Trinajstić information content (AvgIpc) is 2.96. The van der Waals surface area contributed by atoms with Gasteiger partial charge in [-0.05, 0) is 26.2 Å². The molecule has 1 aromatic heterocycles. The molecule has 0 aliphatic heterocycles. The fourth-order valence-electron chi connectivity index (χ4n) is 2.98. The molecule has 2 rings (SSSR count). The van der Waals surface area contributed by atoms with Gasteiger partial charge in [-0.2, -0.15) is 5.10 Å². The van der Waals surface area contributed by atoms with Crippen molar-refractivity contribution in [2.45, 2.75) is 58.9 Å². The normalized spacial score (nSPS) is 15.9. The van der Waals surface area contributed by atoms with Crippen LogP contribution in [0.4, 0.5) is 0 Å². The van der Waals surface area contributed by atoms with Crippen LogP contribution in [0.3, 0.4) is 0 Å². The smallest absolute Gasteiger partial charge is 0.220 e. The summed E-state index contributed by atoms with van der Waals surface area (Å²) in [6.07, 6.45) is 7.04. The summed E-state index contributed by atoms with van der Waals surface area (Å²) in [5, 5.41) is 7.39. The first kappa shape index (κ1) is 14.1. The molecule has 1 aromatic rings. The lowest BCUT2D eigenvalue weighted by Gasteiger charge is -2.09. The maximum absolute atomic E-state index is 11.9. The van der Waals surface area contributed by atoms with Gasteiger partial charge in [0.1, 0.15) is 0 Å². The van der Waals surface area contributed by atoms with E-state index in [1.54, 1.807) is 0 Å². The predicted molar refractivity (Wildman–Crippen MR) is 75.7 cm³/mol. The SMILES string of the molecule is Cc1nn(C)c(C)c1CNC(=O)CCC1CCCC1. The maximum Gasteiger partial charge on any atom is 0.220 e. The number of carbonyl (C=O) groups is 1. The number of nitrogens with one attached hydrogen (secondary N) is 1. The summed E-state index contributed by atoms with van der Waals surface area (Å²) in [7, 11) is 1.94.